The molecule has 1 aromatic carbocycles. The van der Waals surface area contributed by atoms with Gasteiger partial charge in [0.2, 0.25) is 5.91 Å². The third kappa shape index (κ3) is 4.07. The van der Waals surface area contributed by atoms with Crippen LogP contribution in [-0.4, -0.2) is 19.0 Å². The Morgan fingerprint density at radius 2 is 1.94 bits per heavy atom. The van der Waals surface area contributed by atoms with Gasteiger partial charge in [0.15, 0.2) is 0 Å². The second kappa shape index (κ2) is 7.06. The Labute approximate surface area is 106 Å². The fourth-order valence-electron chi connectivity index (χ4n) is 1.60. The Balaban J connectivity index is 2.55. The van der Waals surface area contributed by atoms with Gasteiger partial charge in [0.1, 0.15) is 11.6 Å². The number of benzene rings is 1. The Hall–Kier alpha value is -1.49. The minimum Gasteiger partial charge on any atom is -0.355 e. The number of hydrogen-bond acceptors (Lipinski definition) is 2. The second-order valence-electron chi connectivity index (χ2n) is 4.09. The summed E-state index contributed by atoms with van der Waals surface area (Å²) in [6.45, 7) is 4.21. The van der Waals surface area contributed by atoms with E-state index in [-0.39, 0.29) is 18.0 Å². The summed E-state index contributed by atoms with van der Waals surface area (Å²) in [5.41, 5.74) is -0.0409. The van der Waals surface area contributed by atoms with Crippen molar-refractivity contribution in [3.05, 3.63) is 35.4 Å². The summed E-state index contributed by atoms with van der Waals surface area (Å²) in [6.07, 6.45) is 0.850. The van der Waals surface area contributed by atoms with E-state index in [1.807, 2.05) is 6.92 Å². The number of hydrogen-bond donors (Lipinski definition) is 2. The Kier molecular flexibility index (Phi) is 5.71. The molecule has 0 bridgehead atoms. The van der Waals surface area contributed by atoms with Crippen LogP contribution in [0.25, 0.3) is 0 Å². The van der Waals surface area contributed by atoms with Gasteiger partial charge in [-0.2, -0.15) is 0 Å². The zero-order chi connectivity index (χ0) is 13.5. The molecule has 0 fully saturated rings. The van der Waals surface area contributed by atoms with E-state index in [1.165, 1.54) is 18.2 Å². The van der Waals surface area contributed by atoms with Gasteiger partial charge >= 0.3 is 0 Å². The maximum atomic E-state index is 13.4. The maximum Gasteiger partial charge on any atom is 0.233 e. The van der Waals surface area contributed by atoms with E-state index in [0.717, 1.165) is 6.42 Å². The number of carbonyl (C=O) groups is 1. The minimum atomic E-state index is -0.607. The van der Waals surface area contributed by atoms with Gasteiger partial charge in [0, 0.05) is 18.2 Å². The highest BCUT2D eigenvalue weighted by atomic mass is 19.1. The molecule has 3 nitrogen and oxygen atoms in total. The smallest absolute Gasteiger partial charge is 0.233 e. The average Bonchev–Trinajstić information content (AvgIpc) is 2.33. The summed E-state index contributed by atoms with van der Waals surface area (Å²) >= 11 is 0. The average molecular weight is 256 g/mol. The summed E-state index contributed by atoms with van der Waals surface area (Å²) in [5, 5.41) is 5.48. The first-order valence-corrected chi connectivity index (χ1v) is 6.00. The zero-order valence-corrected chi connectivity index (χ0v) is 10.6. The van der Waals surface area contributed by atoms with Crippen molar-refractivity contribution in [1.82, 2.24) is 10.6 Å². The molecule has 0 saturated carbocycles. The minimum absolute atomic E-state index is 0.0366. The molecular formula is C13H18F2N2O. The number of nitrogens with one attached hydrogen (secondary N) is 2. The van der Waals surface area contributed by atoms with Crippen molar-refractivity contribution in [3.63, 3.8) is 0 Å². The summed E-state index contributed by atoms with van der Waals surface area (Å²) in [7, 11) is 0. The molecule has 1 aromatic rings. The van der Waals surface area contributed by atoms with Crippen LogP contribution in [0.2, 0.25) is 0 Å². The normalized spacial score (nSPS) is 12.2. The van der Waals surface area contributed by atoms with E-state index >= 15 is 0 Å². The SMILES string of the molecule is CCCNC(=O)CNC(C)c1c(F)cccc1F. The molecule has 0 aliphatic rings. The molecule has 0 aliphatic heterocycles. The number of carbonyl (C=O) groups excluding carboxylic acids is 1. The molecule has 0 aliphatic carbocycles. The number of amides is 1. The van der Waals surface area contributed by atoms with Crippen LogP contribution >= 0.6 is 0 Å². The Bertz CT molecular complexity index is 390. The Morgan fingerprint density at radius 1 is 1.33 bits per heavy atom. The summed E-state index contributed by atoms with van der Waals surface area (Å²) in [4.78, 5) is 11.3. The fourth-order valence-corrected chi connectivity index (χ4v) is 1.60. The van der Waals surface area contributed by atoms with Gasteiger partial charge in [-0.3, -0.25) is 4.79 Å². The van der Waals surface area contributed by atoms with Crippen LogP contribution in [0.3, 0.4) is 0 Å². The highest BCUT2D eigenvalue weighted by Gasteiger charge is 2.16. The predicted molar refractivity (Wildman–Crippen MR) is 66.1 cm³/mol. The lowest BCUT2D eigenvalue weighted by Gasteiger charge is -2.15. The quantitative estimate of drug-likeness (QED) is 0.818. The van der Waals surface area contributed by atoms with Gasteiger partial charge in [-0.25, -0.2) is 8.78 Å². The number of halogens is 2. The molecule has 1 rings (SSSR count). The van der Waals surface area contributed by atoms with Crippen LogP contribution in [-0.2, 0) is 4.79 Å². The molecule has 18 heavy (non-hydrogen) atoms. The van der Waals surface area contributed by atoms with Gasteiger partial charge in [-0.15, -0.1) is 0 Å². The van der Waals surface area contributed by atoms with Crippen LogP contribution < -0.4 is 10.6 Å². The molecule has 5 heteroatoms. The molecule has 0 spiro atoms. The van der Waals surface area contributed by atoms with Crippen molar-refractivity contribution in [2.24, 2.45) is 0 Å². The second-order valence-corrected chi connectivity index (χ2v) is 4.09. The summed E-state index contributed by atoms with van der Waals surface area (Å²) in [5.74, 6) is -1.40. The van der Waals surface area contributed by atoms with E-state index in [1.54, 1.807) is 6.92 Å². The first-order chi connectivity index (χ1) is 8.56. The molecule has 1 amide bonds. The molecule has 0 radical (unpaired) electrons. The Morgan fingerprint density at radius 3 is 2.50 bits per heavy atom. The van der Waals surface area contributed by atoms with Crippen molar-refractivity contribution in [2.75, 3.05) is 13.1 Å². The molecule has 1 atom stereocenters. The lowest BCUT2D eigenvalue weighted by atomic mass is 10.1. The van der Waals surface area contributed by atoms with E-state index < -0.39 is 17.7 Å². The van der Waals surface area contributed by atoms with Crippen LogP contribution in [0.15, 0.2) is 18.2 Å². The zero-order valence-electron chi connectivity index (χ0n) is 10.6. The number of rotatable bonds is 6. The lowest BCUT2D eigenvalue weighted by molar-refractivity contribution is -0.120. The van der Waals surface area contributed by atoms with Gasteiger partial charge < -0.3 is 10.6 Å². The molecule has 2 N–H and O–H groups in total. The van der Waals surface area contributed by atoms with E-state index in [9.17, 15) is 13.6 Å². The topological polar surface area (TPSA) is 41.1 Å². The summed E-state index contributed by atoms with van der Waals surface area (Å²) < 4.78 is 26.9. The van der Waals surface area contributed by atoms with Gasteiger partial charge in [0.05, 0.1) is 6.54 Å². The molecule has 0 aromatic heterocycles. The van der Waals surface area contributed by atoms with Crippen LogP contribution in [0.1, 0.15) is 31.9 Å². The van der Waals surface area contributed by atoms with Crippen molar-refractivity contribution < 1.29 is 13.6 Å². The van der Waals surface area contributed by atoms with E-state index in [4.69, 9.17) is 0 Å². The highest BCUT2D eigenvalue weighted by Crippen LogP contribution is 2.19. The first kappa shape index (κ1) is 14.6. The first-order valence-electron chi connectivity index (χ1n) is 6.00. The van der Waals surface area contributed by atoms with Crippen molar-refractivity contribution in [1.29, 1.82) is 0 Å². The highest BCUT2D eigenvalue weighted by molar-refractivity contribution is 5.77. The molecule has 1 unspecified atom stereocenters. The van der Waals surface area contributed by atoms with Crippen LogP contribution in [0, 0.1) is 11.6 Å². The third-order valence-corrected chi connectivity index (χ3v) is 2.57. The van der Waals surface area contributed by atoms with Crippen molar-refractivity contribution in [3.8, 4) is 0 Å². The van der Waals surface area contributed by atoms with E-state index in [2.05, 4.69) is 10.6 Å². The van der Waals surface area contributed by atoms with Crippen molar-refractivity contribution in [2.45, 2.75) is 26.3 Å². The summed E-state index contributed by atoms with van der Waals surface area (Å²) in [6, 6.07) is 3.16. The van der Waals surface area contributed by atoms with Crippen molar-refractivity contribution >= 4 is 5.91 Å². The van der Waals surface area contributed by atoms with Crippen LogP contribution in [0.4, 0.5) is 8.78 Å². The molecule has 100 valence electrons. The predicted octanol–water partition coefficient (Wildman–Crippen LogP) is 2.14. The monoisotopic (exact) mass is 256 g/mol. The van der Waals surface area contributed by atoms with E-state index in [0.29, 0.717) is 6.54 Å². The lowest BCUT2D eigenvalue weighted by Crippen LogP contribution is -2.35. The van der Waals surface area contributed by atoms with Gasteiger partial charge in [-0.05, 0) is 25.5 Å². The molecule has 0 saturated heterocycles. The fraction of sp³-hybridized carbons (Fsp3) is 0.462. The third-order valence-electron chi connectivity index (χ3n) is 2.57. The maximum absolute atomic E-state index is 13.4. The molecule has 0 heterocycles. The standard InChI is InChI=1S/C13H18F2N2O/c1-3-7-16-12(18)8-17-9(2)13-10(14)5-4-6-11(13)15/h4-6,9,17H,3,7-8H2,1-2H3,(H,16,18). The largest absolute Gasteiger partial charge is 0.355 e. The molecular weight excluding hydrogens is 238 g/mol. The van der Waals surface area contributed by atoms with Gasteiger partial charge in [0.25, 0.3) is 0 Å². The van der Waals surface area contributed by atoms with Crippen LogP contribution in [0.5, 0.6) is 0 Å². The van der Waals surface area contributed by atoms with Gasteiger partial charge in [-0.1, -0.05) is 13.0 Å².